The van der Waals surface area contributed by atoms with Gasteiger partial charge in [-0.25, -0.2) is 9.18 Å². The second kappa shape index (κ2) is 6.70. The van der Waals surface area contributed by atoms with E-state index in [0.717, 1.165) is 31.4 Å². The third-order valence-corrected chi connectivity index (χ3v) is 3.39. The number of likely N-dealkylation sites (N-methyl/N-ethyl adjacent to an activating group) is 1. The fraction of sp³-hybridized carbons (Fsp3) is 0.533. The number of anilines is 1. The number of carbonyl (C=O) groups excluding carboxylic acids is 1. The second-order valence-corrected chi connectivity index (χ2v) is 5.32. The molecule has 1 saturated heterocycles. The Bertz CT molecular complexity index is 453. The number of urea groups is 1. The molecule has 1 heterocycles. The van der Waals surface area contributed by atoms with Crippen molar-refractivity contribution >= 4 is 11.7 Å². The molecule has 5 heteroatoms. The molecule has 1 aromatic carbocycles. The molecule has 2 rings (SSSR count). The first-order valence-corrected chi connectivity index (χ1v) is 6.95. The smallest absolute Gasteiger partial charge is 0.321 e. The molecule has 1 aromatic rings. The van der Waals surface area contributed by atoms with Crippen LogP contribution in [0.5, 0.6) is 0 Å². The van der Waals surface area contributed by atoms with Crippen LogP contribution in [0.1, 0.15) is 24.8 Å². The zero-order valence-electron chi connectivity index (χ0n) is 12.0. The number of amides is 2. The molecule has 1 aliphatic heterocycles. The normalized spacial score (nSPS) is 18.6. The Morgan fingerprint density at radius 3 is 2.90 bits per heavy atom. The summed E-state index contributed by atoms with van der Waals surface area (Å²) in [6.07, 6.45) is 3.32. The summed E-state index contributed by atoms with van der Waals surface area (Å²) in [5.41, 5.74) is 1.25. The Morgan fingerprint density at radius 2 is 2.25 bits per heavy atom. The van der Waals surface area contributed by atoms with E-state index in [1.807, 2.05) is 0 Å². The zero-order valence-corrected chi connectivity index (χ0v) is 12.0. The Hall–Kier alpha value is -1.62. The summed E-state index contributed by atoms with van der Waals surface area (Å²) in [6.45, 7) is 3.11. The third kappa shape index (κ3) is 4.20. The van der Waals surface area contributed by atoms with Crippen LogP contribution in [0.15, 0.2) is 18.2 Å². The van der Waals surface area contributed by atoms with E-state index in [9.17, 15) is 9.18 Å². The molecule has 1 aliphatic rings. The number of rotatable bonds is 3. The molecule has 0 aromatic heterocycles. The lowest BCUT2D eigenvalue weighted by molar-refractivity contribution is 0.00463. The maximum atomic E-state index is 13.3. The quantitative estimate of drug-likeness (QED) is 0.924. The number of hydrogen-bond donors (Lipinski definition) is 1. The molecular formula is C15H21FN2O2. The summed E-state index contributed by atoms with van der Waals surface area (Å²) in [7, 11) is 1.72. The standard InChI is InChI=1S/C15H21FN2O2/c1-11-7-12(16)9-13(8-11)17-15(19)18(2)10-14-5-3-4-6-20-14/h7-9,14H,3-6,10H2,1-2H3,(H,17,19)/t14-/m1/s1. The predicted octanol–water partition coefficient (Wildman–Crippen LogP) is 3.17. The number of benzene rings is 1. The van der Waals surface area contributed by atoms with Crippen molar-refractivity contribution in [3.05, 3.63) is 29.6 Å². The van der Waals surface area contributed by atoms with Gasteiger partial charge in [-0.1, -0.05) is 0 Å². The van der Waals surface area contributed by atoms with Crippen molar-refractivity contribution in [2.45, 2.75) is 32.3 Å². The van der Waals surface area contributed by atoms with E-state index < -0.39 is 0 Å². The SMILES string of the molecule is Cc1cc(F)cc(NC(=O)N(C)C[C@H]2CCCCO2)c1. The van der Waals surface area contributed by atoms with Crippen LogP contribution in [0.4, 0.5) is 14.9 Å². The summed E-state index contributed by atoms with van der Waals surface area (Å²) in [6, 6.07) is 4.24. The van der Waals surface area contributed by atoms with Crippen LogP contribution < -0.4 is 5.32 Å². The number of nitrogens with one attached hydrogen (secondary N) is 1. The summed E-state index contributed by atoms with van der Waals surface area (Å²) in [5.74, 6) is -0.349. The fourth-order valence-electron chi connectivity index (χ4n) is 2.37. The van der Waals surface area contributed by atoms with E-state index in [-0.39, 0.29) is 18.0 Å². The highest BCUT2D eigenvalue weighted by atomic mass is 19.1. The first kappa shape index (κ1) is 14.8. The van der Waals surface area contributed by atoms with Gasteiger partial charge in [0.05, 0.1) is 6.10 Å². The van der Waals surface area contributed by atoms with Crippen molar-refractivity contribution in [3.63, 3.8) is 0 Å². The van der Waals surface area contributed by atoms with Gasteiger partial charge < -0.3 is 15.0 Å². The lowest BCUT2D eigenvalue weighted by atomic mass is 10.1. The molecule has 4 nitrogen and oxygen atoms in total. The molecule has 0 saturated carbocycles. The van der Waals surface area contributed by atoms with Gasteiger partial charge in [0.2, 0.25) is 0 Å². The second-order valence-electron chi connectivity index (χ2n) is 5.32. The third-order valence-electron chi connectivity index (χ3n) is 3.39. The number of hydrogen-bond acceptors (Lipinski definition) is 2. The molecule has 0 radical (unpaired) electrons. The van der Waals surface area contributed by atoms with Gasteiger partial charge in [0.1, 0.15) is 5.82 Å². The van der Waals surface area contributed by atoms with E-state index in [4.69, 9.17) is 4.74 Å². The number of nitrogens with zero attached hydrogens (tertiary/aromatic N) is 1. The number of halogens is 1. The van der Waals surface area contributed by atoms with Crippen molar-refractivity contribution in [3.8, 4) is 0 Å². The minimum atomic E-state index is -0.349. The van der Waals surface area contributed by atoms with E-state index >= 15 is 0 Å². The van der Waals surface area contributed by atoms with Gasteiger partial charge in [0.15, 0.2) is 0 Å². The Kier molecular flexibility index (Phi) is 4.95. The van der Waals surface area contributed by atoms with Gasteiger partial charge in [0.25, 0.3) is 0 Å². The molecule has 0 spiro atoms. The Labute approximate surface area is 118 Å². The van der Waals surface area contributed by atoms with Gasteiger partial charge in [0, 0.05) is 25.9 Å². The highest BCUT2D eigenvalue weighted by molar-refractivity contribution is 5.89. The molecule has 0 bridgehead atoms. The van der Waals surface area contributed by atoms with Gasteiger partial charge in [-0.05, 0) is 49.9 Å². The van der Waals surface area contributed by atoms with Gasteiger partial charge in [-0.3, -0.25) is 0 Å². The molecule has 110 valence electrons. The van der Waals surface area contributed by atoms with E-state index in [1.54, 1.807) is 24.9 Å². The van der Waals surface area contributed by atoms with Crippen LogP contribution in [0.25, 0.3) is 0 Å². The van der Waals surface area contributed by atoms with Crippen LogP contribution in [-0.2, 0) is 4.74 Å². The molecule has 20 heavy (non-hydrogen) atoms. The summed E-state index contributed by atoms with van der Waals surface area (Å²) < 4.78 is 18.9. The zero-order chi connectivity index (χ0) is 14.5. The van der Waals surface area contributed by atoms with E-state index in [2.05, 4.69) is 5.32 Å². The maximum absolute atomic E-state index is 13.3. The van der Waals surface area contributed by atoms with Gasteiger partial charge >= 0.3 is 6.03 Å². The monoisotopic (exact) mass is 280 g/mol. The Morgan fingerprint density at radius 1 is 1.45 bits per heavy atom. The first-order valence-electron chi connectivity index (χ1n) is 6.95. The Balaban J connectivity index is 1.89. The maximum Gasteiger partial charge on any atom is 0.321 e. The first-order chi connectivity index (χ1) is 9.54. The molecule has 2 amide bonds. The number of ether oxygens (including phenoxy) is 1. The minimum absolute atomic E-state index is 0.105. The number of aryl methyl sites for hydroxylation is 1. The van der Waals surface area contributed by atoms with Crippen LogP contribution in [-0.4, -0.2) is 37.2 Å². The summed E-state index contributed by atoms with van der Waals surface area (Å²) >= 11 is 0. The number of carbonyl (C=O) groups is 1. The van der Waals surface area contributed by atoms with Crippen molar-refractivity contribution in [1.82, 2.24) is 4.90 Å². The highest BCUT2D eigenvalue weighted by Crippen LogP contribution is 2.16. The van der Waals surface area contributed by atoms with Crippen molar-refractivity contribution in [2.24, 2.45) is 0 Å². The predicted molar refractivity (Wildman–Crippen MR) is 76.4 cm³/mol. The van der Waals surface area contributed by atoms with Gasteiger partial charge in [-0.2, -0.15) is 0 Å². The molecule has 1 fully saturated rings. The molecule has 0 unspecified atom stereocenters. The topological polar surface area (TPSA) is 41.6 Å². The largest absolute Gasteiger partial charge is 0.376 e. The summed E-state index contributed by atoms with van der Waals surface area (Å²) in [5, 5.41) is 2.70. The van der Waals surface area contributed by atoms with Crippen LogP contribution in [0, 0.1) is 12.7 Å². The van der Waals surface area contributed by atoms with Crippen molar-refractivity contribution < 1.29 is 13.9 Å². The molecule has 0 aliphatic carbocycles. The molecule has 1 N–H and O–H groups in total. The lowest BCUT2D eigenvalue weighted by Gasteiger charge is -2.27. The lowest BCUT2D eigenvalue weighted by Crippen LogP contribution is -2.39. The van der Waals surface area contributed by atoms with E-state index in [1.165, 1.54) is 12.1 Å². The average molecular weight is 280 g/mol. The highest BCUT2D eigenvalue weighted by Gasteiger charge is 2.18. The molecule has 1 atom stereocenters. The summed E-state index contributed by atoms with van der Waals surface area (Å²) in [4.78, 5) is 13.6. The van der Waals surface area contributed by atoms with E-state index in [0.29, 0.717) is 12.2 Å². The van der Waals surface area contributed by atoms with Crippen LogP contribution in [0.2, 0.25) is 0 Å². The molecular weight excluding hydrogens is 259 g/mol. The van der Waals surface area contributed by atoms with Crippen LogP contribution in [0.3, 0.4) is 0 Å². The average Bonchev–Trinajstić information content (AvgIpc) is 2.38. The fourth-order valence-corrected chi connectivity index (χ4v) is 2.37. The minimum Gasteiger partial charge on any atom is -0.376 e. The van der Waals surface area contributed by atoms with Crippen molar-refractivity contribution in [1.29, 1.82) is 0 Å². The van der Waals surface area contributed by atoms with Crippen molar-refractivity contribution in [2.75, 3.05) is 25.5 Å². The van der Waals surface area contributed by atoms with Gasteiger partial charge in [-0.15, -0.1) is 0 Å². The van der Waals surface area contributed by atoms with Crippen LogP contribution >= 0.6 is 0 Å².